The molecule has 27 heavy (non-hydrogen) atoms. The molecule has 0 unspecified atom stereocenters. The third-order valence-corrected chi connectivity index (χ3v) is 6.28. The van der Waals surface area contributed by atoms with Crippen LogP contribution in [0.5, 0.6) is 0 Å². The first-order valence-corrected chi connectivity index (χ1v) is 10.3. The van der Waals surface area contributed by atoms with Crippen LogP contribution < -0.4 is 0 Å². The highest BCUT2D eigenvalue weighted by Crippen LogP contribution is 2.41. The Bertz CT molecular complexity index is 857. The van der Waals surface area contributed by atoms with Crippen molar-refractivity contribution < 1.29 is 4.79 Å². The minimum absolute atomic E-state index is 0.142. The average Bonchev–Trinajstić information content (AvgIpc) is 2.68. The summed E-state index contributed by atoms with van der Waals surface area (Å²) in [5.74, 6) is 0.347. The number of rotatable bonds is 4. The van der Waals surface area contributed by atoms with Crippen molar-refractivity contribution in [1.82, 2.24) is 0 Å². The molecule has 1 heterocycles. The fraction of sp³-hybridized carbons (Fsp3) is 0.440. The summed E-state index contributed by atoms with van der Waals surface area (Å²) >= 11 is 0. The molecule has 0 atom stereocenters. The summed E-state index contributed by atoms with van der Waals surface area (Å²) in [6, 6.07) is 18.9. The average molecular weight is 360 g/mol. The summed E-state index contributed by atoms with van der Waals surface area (Å²) in [6.45, 7) is 4.34. The Morgan fingerprint density at radius 3 is 2.33 bits per heavy atom. The van der Waals surface area contributed by atoms with Gasteiger partial charge in [0, 0.05) is 6.42 Å². The number of benzene rings is 2. The third-order valence-electron chi connectivity index (χ3n) is 6.28. The number of hydrogen-bond acceptors (Lipinski definition) is 2. The number of ketones is 1. The Labute approximate surface area is 162 Å². The maximum absolute atomic E-state index is 13.7. The van der Waals surface area contributed by atoms with Crippen LogP contribution in [0.4, 0.5) is 0 Å². The number of hydrogen-bond donors (Lipinski definition) is 0. The molecule has 140 valence electrons. The minimum atomic E-state index is -0.335. The number of carbonyl (C=O) groups is 1. The van der Waals surface area contributed by atoms with E-state index in [-0.39, 0.29) is 11.0 Å². The number of fused-ring (bicyclic) bond motifs is 1. The molecule has 2 heteroatoms. The van der Waals surface area contributed by atoms with E-state index in [4.69, 9.17) is 4.99 Å². The first-order chi connectivity index (χ1) is 13.0. The van der Waals surface area contributed by atoms with E-state index in [1.54, 1.807) is 0 Å². The van der Waals surface area contributed by atoms with E-state index < -0.39 is 0 Å². The highest BCUT2D eigenvalue weighted by atomic mass is 16.1. The number of nitrogens with zero attached hydrogens (tertiary/aromatic N) is 1. The first kappa shape index (κ1) is 18.2. The Kier molecular flexibility index (Phi) is 4.75. The van der Waals surface area contributed by atoms with Crippen molar-refractivity contribution in [3.05, 3.63) is 71.3 Å². The predicted octanol–water partition coefficient (Wildman–Crippen LogP) is 5.67. The molecule has 0 spiro atoms. The Morgan fingerprint density at radius 2 is 1.59 bits per heavy atom. The van der Waals surface area contributed by atoms with Crippen molar-refractivity contribution in [2.45, 2.75) is 69.7 Å². The zero-order chi connectivity index (χ0) is 18.9. The molecule has 4 rings (SSSR count). The van der Waals surface area contributed by atoms with E-state index in [2.05, 4.69) is 62.4 Å². The molecule has 1 aliphatic heterocycles. The maximum atomic E-state index is 13.7. The second kappa shape index (κ2) is 7.07. The van der Waals surface area contributed by atoms with Crippen LogP contribution in [0.1, 0.15) is 69.1 Å². The molecule has 0 aromatic heterocycles. The van der Waals surface area contributed by atoms with E-state index in [1.165, 1.54) is 23.1 Å². The van der Waals surface area contributed by atoms with E-state index in [1.807, 2.05) is 6.07 Å². The van der Waals surface area contributed by atoms with Gasteiger partial charge in [0.2, 0.25) is 0 Å². The van der Waals surface area contributed by atoms with E-state index in [0.717, 1.165) is 37.8 Å². The Balaban J connectivity index is 1.70. The second-order valence-electron chi connectivity index (χ2n) is 8.81. The number of carbonyl (C=O) groups excluding carboxylic acids is 1. The minimum Gasteiger partial charge on any atom is -0.298 e. The zero-order valence-corrected chi connectivity index (χ0v) is 16.5. The van der Waals surface area contributed by atoms with Gasteiger partial charge in [0.25, 0.3) is 0 Å². The summed E-state index contributed by atoms with van der Waals surface area (Å²) < 4.78 is 0. The van der Waals surface area contributed by atoms with Crippen molar-refractivity contribution >= 4 is 11.5 Å². The SMILES string of the molecule is CC1(C)Cc2ccccc2C(CC(=O)C2(c3ccccc3)CCCCC2)=N1. The summed E-state index contributed by atoms with van der Waals surface area (Å²) in [4.78, 5) is 18.7. The molecule has 1 saturated carbocycles. The zero-order valence-electron chi connectivity index (χ0n) is 16.5. The van der Waals surface area contributed by atoms with E-state index in [9.17, 15) is 4.79 Å². The fourth-order valence-electron chi connectivity index (χ4n) is 4.98. The van der Waals surface area contributed by atoms with Gasteiger partial charge in [-0.15, -0.1) is 0 Å². The molecular weight excluding hydrogens is 330 g/mol. The van der Waals surface area contributed by atoms with Crippen molar-refractivity contribution in [2.24, 2.45) is 4.99 Å². The summed E-state index contributed by atoms with van der Waals surface area (Å²) in [5.41, 5.74) is 4.18. The standard InChI is InChI=1S/C25H29NO/c1-24(2)18-19-11-7-8-14-21(19)22(26-24)17-23(27)25(15-9-4-10-16-25)20-12-5-3-6-13-20/h3,5-8,11-14H,4,9-10,15-18H2,1-2H3. The maximum Gasteiger partial charge on any atom is 0.149 e. The smallest absolute Gasteiger partial charge is 0.149 e. The summed E-state index contributed by atoms with van der Waals surface area (Å²) in [7, 11) is 0. The molecule has 0 N–H and O–H groups in total. The lowest BCUT2D eigenvalue weighted by atomic mass is 9.65. The molecule has 2 aromatic rings. The van der Waals surface area contributed by atoms with Crippen LogP contribution >= 0.6 is 0 Å². The van der Waals surface area contributed by atoms with Gasteiger partial charge in [0.1, 0.15) is 5.78 Å². The molecule has 2 nitrogen and oxygen atoms in total. The fourth-order valence-corrected chi connectivity index (χ4v) is 4.98. The molecule has 2 aliphatic rings. The first-order valence-electron chi connectivity index (χ1n) is 10.3. The van der Waals surface area contributed by atoms with E-state index in [0.29, 0.717) is 12.2 Å². The van der Waals surface area contributed by atoms with E-state index >= 15 is 0 Å². The monoisotopic (exact) mass is 359 g/mol. The highest BCUT2D eigenvalue weighted by Gasteiger charge is 2.41. The van der Waals surface area contributed by atoms with Gasteiger partial charge in [0.15, 0.2) is 0 Å². The third kappa shape index (κ3) is 3.50. The molecule has 1 aliphatic carbocycles. The van der Waals surface area contributed by atoms with Gasteiger partial charge in [-0.05, 0) is 49.8 Å². The summed E-state index contributed by atoms with van der Waals surface area (Å²) in [6.07, 6.45) is 6.81. The van der Waals surface area contributed by atoms with Crippen LogP contribution in [-0.2, 0) is 16.6 Å². The normalized spacial score (nSPS) is 20.4. The largest absolute Gasteiger partial charge is 0.298 e. The topological polar surface area (TPSA) is 29.4 Å². The highest BCUT2D eigenvalue weighted by molar-refractivity contribution is 6.14. The lowest BCUT2D eigenvalue weighted by Crippen LogP contribution is -2.40. The van der Waals surface area contributed by atoms with Gasteiger partial charge in [0.05, 0.1) is 16.7 Å². The van der Waals surface area contributed by atoms with Crippen LogP contribution in [0.2, 0.25) is 0 Å². The second-order valence-corrected chi connectivity index (χ2v) is 8.81. The molecule has 0 amide bonds. The van der Waals surface area contributed by atoms with Gasteiger partial charge in [-0.25, -0.2) is 0 Å². The number of aliphatic imine (C=N–C) groups is 1. The van der Waals surface area contributed by atoms with Crippen molar-refractivity contribution in [2.75, 3.05) is 0 Å². The molecule has 1 fully saturated rings. The quantitative estimate of drug-likeness (QED) is 0.691. The van der Waals surface area contributed by atoms with Gasteiger partial charge in [-0.3, -0.25) is 9.79 Å². The Morgan fingerprint density at radius 1 is 0.926 bits per heavy atom. The van der Waals surface area contributed by atoms with Crippen molar-refractivity contribution in [1.29, 1.82) is 0 Å². The van der Waals surface area contributed by atoms with Gasteiger partial charge in [-0.2, -0.15) is 0 Å². The molecular formula is C25H29NO. The molecule has 2 aromatic carbocycles. The Hall–Kier alpha value is -2.22. The van der Waals surface area contributed by atoms with Gasteiger partial charge < -0.3 is 0 Å². The molecule has 0 bridgehead atoms. The van der Waals surface area contributed by atoms with Crippen LogP contribution in [-0.4, -0.2) is 17.0 Å². The van der Waals surface area contributed by atoms with Gasteiger partial charge >= 0.3 is 0 Å². The van der Waals surface area contributed by atoms with Crippen LogP contribution in [0.25, 0.3) is 0 Å². The lowest BCUT2D eigenvalue weighted by molar-refractivity contribution is -0.124. The molecule has 0 radical (unpaired) electrons. The van der Waals surface area contributed by atoms with Crippen LogP contribution in [0.3, 0.4) is 0 Å². The lowest BCUT2D eigenvalue weighted by Gasteiger charge is -2.37. The molecule has 0 saturated heterocycles. The van der Waals surface area contributed by atoms with Crippen LogP contribution in [0.15, 0.2) is 59.6 Å². The number of Topliss-reactive ketones (excluding diaryl/α,β-unsaturated/α-hetero) is 1. The van der Waals surface area contributed by atoms with Crippen molar-refractivity contribution in [3.8, 4) is 0 Å². The van der Waals surface area contributed by atoms with Crippen molar-refractivity contribution in [3.63, 3.8) is 0 Å². The summed E-state index contributed by atoms with van der Waals surface area (Å²) in [5, 5.41) is 0. The van der Waals surface area contributed by atoms with Crippen LogP contribution in [0, 0.1) is 0 Å². The van der Waals surface area contributed by atoms with Gasteiger partial charge in [-0.1, -0.05) is 73.9 Å². The predicted molar refractivity (Wildman–Crippen MR) is 112 cm³/mol.